The Balaban J connectivity index is 2.23. The lowest BCUT2D eigenvalue weighted by Gasteiger charge is -2.35. The number of unbranched alkanes of at least 4 members (excludes halogenated alkanes) is 2. The van der Waals surface area contributed by atoms with E-state index >= 15 is 0 Å². The zero-order chi connectivity index (χ0) is 11.1. The van der Waals surface area contributed by atoms with Crippen LogP contribution in [0.3, 0.4) is 0 Å². The van der Waals surface area contributed by atoms with Gasteiger partial charge in [-0.15, -0.1) is 0 Å². The van der Waals surface area contributed by atoms with Crippen molar-refractivity contribution in [3.8, 4) is 0 Å². The first kappa shape index (κ1) is 12.5. The summed E-state index contributed by atoms with van der Waals surface area (Å²) >= 11 is 0. The van der Waals surface area contributed by atoms with Gasteiger partial charge in [0.05, 0.1) is 0 Å². The SMILES string of the molecule is CCCCCC(=O)NC1(C)CCNCC1. The third-order valence-electron chi connectivity index (χ3n) is 3.16. The Kier molecular flexibility index (Phi) is 5.09. The van der Waals surface area contributed by atoms with Crippen LogP contribution >= 0.6 is 0 Å². The quantitative estimate of drug-likeness (QED) is 0.683. The van der Waals surface area contributed by atoms with Crippen molar-refractivity contribution in [3.05, 3.63) is 0 Å². The lowest BCUT2D eigenvalue weighted by atomic mass is 9.90. The van der Waals surface area contributed by atoms with Crippen molar-refractivity contribution in [1.82, 2.24) is 10.6 Å². The van der Waals surface area contributed by atoms with Gasteiger partial charge in [-0.1, -0.05) is 19.8 Å². The molecule has 0 atom stereocenters. The van der Waals surface area contributed by atoms with Crippen molar-refractivity contribution in [2.75, 3.05) is 13.1 Å². The zero-order valence-corrected chi connectivity index (χ0v) is 10.1. The summed E-state index contributed by atoms with van der Waals surface area (Å²) in [5.74, 6) is 0.229. The van der Waals surface area contributed by atoms with Gasteiger partial charge in [0.1, 0.15) is 0 Å². The molecule has 3 nitrogen and oxygen atoms in total. The lowest BCUT2D eigenvalue weighted by Crippen LogP contribution is -2.52. The van der Waals surface area contributed by atoms with E-state index in [9.17, 15) is 4.79 Å². The van der Waals surface area contributed by atoms with Gasteiger partial charge in [0.25, 0.3) is 0 Å². The minimum atomic E-state index is 0.0363. The Labute approximate surface area is 93.0 Å². The van der Waals surface area contributed by atoms with Crippen molar-refractivity contribution in [3.63, 3.8) is 0 Å². The molecule has 0 saturated carbocycles. The number of hydrogen-bond donors (Lipinski definition) is 2. The number of nitrogens with one attached hydrogen (secondary N) is 2. The number of carbonyl (C=O) groups is 1. The van der Waals surface area contributed by atoms with Crippen molar-refractivity contribution in [2.24, 2.45) is 0 Å². The highest BCUT2D eigenvalue weighted by Gasteiger charge is 2.27. The molecule has 2 N–H and O–H groups in total. The summed E-state index contributed by atoms with van der Waals surface area (Å²) in [6.07, 6.45) is 6.15. The van der Waals surface area contributed by atoms with Crippen LogP contribution in [0.15, 0.2) is 0 Å². The zero-order valence-electron chi connectivity index (χ0n) is 10.1. The summed E-state index contributed by atoms with van der Waals surface area (Å²) in [5, 5.41) is 6.49. The molecular weight excluding hydrogens is 188 g/mol. The predicted molar refractivity (Wildman–Crippen MR) is 62.8 cm³/mol. The average Bonchev–Trinajstić information content (AvgIpc) is 2.18. The molecule has 1 rings (SSSR count). The molecule has 1 aliphatic rings. The van der Waals surface area contributed by atoms with Crippen LogP contribution in [0.25, 0.3) is 0 Å². The molecule has 0 aromatic rings. The second kappa shape index (κ2) is 6.11. The van der Waals surface area contributed by atoms with E-state index in [-0.39, 0.29) is 11.4 Å². The molecule has 3 heteroatoms. The molecule has 0 spiro atoms. The van der Waals surface area contributed by atoms with Gasteiger partial charge >= 0.3 is 0 Å². The molecule has 0 aromatic heterocycles. The highest BCUT2D eigenvalue weighted by Crippen LogP contribution is 2.17. The molecule has 0 aromatic carbocycles. The van der Waals surface area contributed by atoms with Gasteiger partial charge in [-0.3, -0.25) is 4.79 Å². The summed E-state index contributed by atoms with van der Waals surface area (Å²) in [5.41, 5.74) is 0.0363. The Morgan fingerprint density at radius 3 is 2.60 bits per heavy atom. The topological polar surface area (TPSA) is 41.1 Å². The van der Waals surface area contributed by atoms with Crippen molar-refractivity contribution >= 4 is 5.91 Å². The Bertz CT molecular complexity index is 198. The van der Waals surface area contributed by atoms with E-state index in [1.807, 2.05) is 0 Å². The van der Waals surface area contributed by atoms with Crippen LogP contribution in [-0.2, 0) is 4.79 Å². The molecule has 1 saturated heterocycles. The van der Waals surface area contributed by atoms with Gasteiger partial charge in [0.15, 0.2) is 0 Å². The van der Waals surface area contributed by atoms with Gasteiger partial charge in [-0.25, -0.2) is 0 Å². The fourth-order valence-electron chi connectivity index (χ4n) is 2.04. The van der Waals surface area contributed by atoms with Crippen molar-refractivity contribution < 1.29 is 4.79 Å². The van der Waals surface area contributed by atoms with E-state index in [4.69, 9.17) is 0 Å². The standard InChI is InChI=1S/C12H24N2O/c1-3-4-5-6-11(15)14-12(2)7-9-13-10-8-12/h13H,3-10H2,1-2H3,(H,14,15). The third kappa shape index (κ3) is 4.65. The highest BCUT2D eigenvalue weighted by atomic mass is 16.1. The largest absolute Gasteiger partial charge is 0.351 e. The van der Waals surface area contributed by atoms with E-state index in [0.717, 1.165) is 38.8 Å². The number of carbonyl (C=O) groups excluding carboxylic acids is 1. The lowest BCUT2D eigenvalue weighted by molar-refractivity contribution is -0.123. The molecule has 0 unspecified atom stereocenters. The van der Waals surface area contributed by atoms with Crippen molar-refractivity contribution in [2.45, 2.75) is 57.9 Å². The Morgan fingerprint density at radius 1 is 1.33 bits per heavy atom. The van der Waals surface area contributed by atoms with Gasteiger partial charge in [-0.05, 0) is 39.3 Å². The van der Waals surface area contributed by atoms with Gasteiger partial charge in [0.2, 0.25) is 5.91 Å². The monoisotopic (exact) mass is 212 g/mol. The molecule has 88 valence electrons. The van der Waals surface area contributed by atoms with Crippen LogP contribution in [0.4, 0.5) is 0 Å². The third-order valence-corrected chi connectivity index (χ3v) is 3.16. The highest BCUT2D eigenvalue weighted by molar-refractivity contribution is 5.76. The van der Waals surface area contributed by atoms with Crippen LogP contribution in [-0.4, -0.2) is 24.5 Å². The first-order valence-corrected chi connectivity index (χ1v) is 6.18. The number of piperidine rings is 1. The molecule has 0 radical (unpaired) electrons. The normalized spacial score (nSPS) is 19.9. The number of amides is 1. The molecule has 1 aliphatic heterocycles. The summed E-state index contributed by atoms with van der Waals surface area (Å²) in [6.45, 7) is 6.36. The molecule has 1 fully saturated rings. The van der Waals surface area contributed by atoms with Crippen LogP contribution in [0.5, 0.6) is 0 Å². The minimum Gasteiger partial charge on any atom is -0.351 e. The van der Waals surface area contributed by atoms with Crippen molar-refractivity contribution in [1.29, 1.82) is 0 Å². The Hall–Kier alpha value is -0.570. The fraction of sp³-hybridized carbons (Fsp3) is 0.917. The van der Waals surface area contributed by atoms with E-state index < -0.39 is 0 Å². The average molecular weight is 212 g/mol. The summed E-state index contributed by atoms with van der Waals surface area (Å²) in [4.78, 5) is 11.7. The molecule has 1 heterocycles. The first-order valence-electron chi connectivity index (χ1n) is 6.18. The van der Waals surface area contributed by atoms with Crippen LogP contribution in [0.1, 0.15) is 52.4 Å². The number of rotatable bonds is 5. The van der Waals surface area contributed by atoms with Gasteiger partial charge in [-0.2, -0.15) is 0 Å². The van der Waals surface area contributed by atoms with Crippen LogP contribution in [0, 0.1) is 0 Å². The fourth-order valence-corrected chi connectivity index (χ4v) is 2.04. The van der Waals surface area contributed by atoms with Crippen LogP contribution in [0.2, 0.25) is 0 Å². The summed E-state index contributed by atoms with van der Waals surface area (Å²) in [7, 11) is 0. The molecular formula is C12H24N2O. The molecule has 0 bridgehead atoms. The van der Waals surface area contributed by atoms with E-state index in [2.05, 4.69) is 24.5 Å². The van der Waals surface area contributed by atoms with Gasteiger partial charge in [0, 0.05) is 12.0 Å². The first-order chi connectivity index (χ1) is 7.16. The Morgan fingerprint density at radius 2 is 2.00 bits per heavy atom. The molecule has 15 heavy (non-hydrogen) atoms. The summed E-state index contributed by atoms with van der Waals surface area (Å²) in [6, 6.07) is 0. The summed E-state index contributed by atoms with van der Waals surface area (Å²) < 4.78 is 0. The smallest absolute Gasteiger partial charge is 0.220 e. The minimum absolute atomic E-state index is 0.0363. The second-order valence-corrected chi connectivity index (χ2v) is 4.82. The van der Waals surface area contributed by atoms with Gasteiger partial charge < -0.3 is 10.6 Å². The number of hydrogen-bond acceptors (Lipinski definition) is 2. The molecule has 0 aliphatic carbocycles. The van der Waals surface area contributed by atoms with E-state index in [1.54, 1.807) is 0 Å². The predicted octanol–water partition coefficient (Wildman–Crippen LogP) is 1.82. The van der Waals surface area contributed by atoms with E-state index in [0.29, 0.717) is 6.42 Å². The maximum absolute atomic E-state index is 11.7. The second-order valence-electron chi connectivity index (χ2n) is 4.82. The molecule has 1 amide bonds. The van der Waals surface area contributed by atoms with E-state index in [1.165, 1.54) is 6.42 Å². The van der Waals surface area contributed by atoms with Crippen LogP contribution < -0.4 is 10.6 Å². The maximum atomic E-state index is 11.7. The maximum Gasteiger partial charge on any atom is 0.220 e.